The third-order valence-corrected chi connectivity index (χ3v) is 7.31. The van der Waals surface area contributed by atoms with Gasteiger partial charge >= 0.3 is 0 Å². The average molecular weight is 528 g/mol. The predicted octanol–water partition coefficient (Wildman–Crippen LogP) is 6.39. The van der Waals surface area contributed by atoms with E-state index in [1.165, 1.54) is 26.2 Å². The lowest BCUT2D eigenvalue weighted by atomic mass is 10.0. The Morgan fingerprint density at radius 1 is 1.15 bits per heavy atom. The molecule has 1 saturated heterocycles. The number of ketones is 1. The van der Waals surface area contributed by atoms with Crippen molar-refractivity contribution in [2.75, 3.05) is 11.9 Å². The minimum Gasteiger partial charge on any atom is -0.378 e. The van der Waals surface area contributed by atoms with Crippen LogP contribution in [0.25, 0.3) is 11.6 Å². The second kappa shape index (κ2) is 12.3. The molecule has 2 aliphatic rings. The summed E-state index contributed by atoms with van der Waals surface area (Å²) in [5, 5.41) is 5.85. The number of amides is 2. The van der Waals surface area contributed by atoms with E-state index in [2.05, 4.69) is 22.5 Å². The molecule has 7 heteroatoms. The van der Waals surface area contributed by atoms with Crippen molar-refractivity contribution in [1.82, 2.24) is 10.3 Å². The van der Waals surface area contributed by atoms with Crippen LogP contribution in [0.3, 0.4) is 0 Å². The fraction of sp³-hybridized carbons (Fsp3) is 0.344. The number of hydrogen-bond donors (Lipinski definition) is 3. The van der Waals surface area contributed by atoms with Crippen LogP contribution in [-0.2, 0) is 9.53 Å². The third kappa shape index (κ3) is 6.37. The van der Waals surface area contributed by atoms with Crippen molar-refractivity contribution in [2.24, 2.45) is 0 Å². The third-order valence-electron chi connectivity index (χ3n) is 7.31. The van der Waals surface area contributed by atoms with Crippen LogP contribution in [0.5, 0.6) is 0 Å². The van der Waals surface area contributed by atoms with Gasteiger partial charge in [-0.3, -0.25) is 14.4 Å². The van der Waals surface area contributed by atoms with Gasteiger partial charge in [0, 0.05) is 40.4 Å². The van der Waals surface area contributed by atoms with Crippen LogP contribution in [0.4, 0.5) is 5.69 Å². The SMILES string of the molecule is CC(=O)c1c(C)[nH]c(/C=C2\C(=O)Nc3ccc(C(=O)NC(C)c4ccccc4)cc32)c1C.CCC1CCCO1. The molecule has 1 aromatic heterocycles. The number of aryl methyl sites for hydroxylation is 1. The number of carbonyl (C=O) groups excluding carboxylic acids is 3. The molecule has 39 heavy (non-hydrogen) atoms. The predicted molar refractivity (Wildman–Crippen MR) is 155 cm³/mol. The molecule has 0 spiro atoms. The number of anilines is 1. The van der Waals surface area contributed by atoms with E-state index < -0.39 is 0 Å². The zero-order chi connectivity index (χ0) is 28.1. The lowest BCUT2D eigenvalue weighted by Gasteiger charge is -2.14. The van der Waals surface area contributed by atoms with Gasteiger partial charge in [0.25, 0.3) is 11.8 Å². The topological polar surface area (TPSA) is 100 Å². The Morgan fingerprint density at radius 3 is 2.49 bits per heavy atom. The molecule has 3 aromatic rings. The largest absolute Gasteiger partial charge is 0.378 e. The molecule has 0 aliphatic carbocycles. The van der Waals surface area contributed by atoms with E-state index in [0.29, 0.717) is 39.7 Å². The number of aromatic amines is 1. The number of aromatic nitrogens is 1. The van der Waals surface area contributed by atoms with Gasteiger partial charge in [-0.15, -0.1) is 0 Å². The van der Waals surface area contributed by atoms with Crippen molar-refractivity contribution < 1.29 is 19.1 Å². The van der Waals surface area contributed by atoms with Crippen molar-refractivity contribution >= 4 is 34.9 Å². The molecule has 7 nitrogen and oxygen atoms in total. The zero-order valence-corrected chi connectivity index (χ0v) is 23.3. The summed E-state index contributed by atoms with van der Waals surface area (Å²) >= 11 is 0. The first-order chi connectivity index (χ1) is 18.7. The van der Waals surface area contributed by atoms with Gasteiger partial charge in [0.15, 0.2) is 5.78 Å². The van der Waals surface area contributed by atoms with E-state index in [9.17, 15) is 14.4 Å². The number of carbonyl (C=O) groups is 3. The van der Waals surface area contributed by atoms with Gasteiger partial charge in [-0.2, -0.15) is 0 Å². The van der Waals surface area contributed by atoms with Gasteiger partial charge < -0.3 is 20.4 Å². The molecule has 0 radical (unpaired) electrons. The molecular formula is C32H37N3O4. The van der Waals surface area contributed by atoms with Crippen molar-refractivity contribution in [3.63, 3.8) is 0 Å². The number of fused-ring (bicyclic) bond motifs is 1. The molecule has 2 aliphatic heterocycles. The average Bonchev–Trinajstić information content (AvgIpc) is 3.63. The summed E-state index contributed by atoms with van der Waals surface area (Å²) in [4.78, 5) is 40.7. The highest BCUT2D eigenvalue weighted by molar-refractivity contribution is 6.35. The van der Waals surface area contributed by atoms with Gasteiger partial charge in [-0.1, -0.05) is 37.3 Å². The normalized spacial score (nSPS) is 17.7. The highest BCUT2D eigenvalue weighted by Crippen LogP contribution is 2.35. The maximum atomic E-state index is 12.9. The summed E-state index contributed by atoms with van der Waals surface area (Å²) < 4.78 is 5.30. The highest BCUT2D eigenvalue weighted by atomic mass is 16.5. The molecule has 3 N–H and O–H groups in total. The quantitative estimate of drug-likeness (QED) is 0.255. The van der Waals surface area contributed by atoms with Crippen LogP contribution >= 0.6 is 0 Å². The molecular weight excluding hydrogens is 490 g/mol. The smallest absolute Gasteiger partial charge is 0.256 e. The minimum absolute atomic E-state index is 0.0244. The summed E-state index contributed by atoms with van der Waals surface area (Å²) in [7, 11) is 0. The number of benzene rings is 2. The number of hydrogen-bond acceptors (Lipinski definition) is 4. The van der Waals surface area contributed by atoms with Crippen molar-refractivity contribution in [3.05, 3.63) is 87.7 Å². The van der Waals surface area contributed by atoms with Crippen molar-refractivity contribution in [2.45, 2.75) is 66.0 Å². The monoisotopic (exact) mass is 527 g/mol. The summed E-state index contributed by atoms with van der Waals surface area (Å²) in [6, 6.07) is 14.7. The van der Waals surface area contributed by atoms with Crippen LogP contribution in [0, 0.1) is 13.8 Å². The van der Waals surface area contributed by atoms with E-state index in [1.54, 1.807) is 24.3 Å². The standard InChI is InChI=1S/C26H25N3O3.C6H12O/c1-14-23(27-16(3)24(14)17(4)30)13-21-20-12-19(10-11-22(20)29-26(21)32)25(31)28-15(2)18-8-6-5-7-9-18;1-2-6-4-3-5-7-6/h5-13,15,27H,1-4H3,(H,28,31)(H,29,32);6H,2-5H2,1H3/b21-13-;. The van der Waals surface area contributed by atoms with E-state index in [0.717, 1.165) is 23.4 Å². The molecule has 2 aromatic carbocycles. The Bertz CT molecular complexity index is 1400. The fourth-order valence-electron chi connectivity index (χ4n) is 5.13. The van der Waals surface area contributed by atoms with Crippen LogP contribution in [0.2, 0.25) is 0 Å². The molecule has 2 unspecified atom stereocenters. The molecule has 3 heterocycles. The number of ether oxygens (including phenoxy) is 1. The van der Waals surface area contributed by atoms with Crippen LogP contribution in [-0.4, -0.2) is 35.3 Å². The Labute approximate surface area is 230 Å². The maximum Gasteiger partial charge on any atom is 0.256 e. The van der Waals surface area contributed by atoms with Gasteiger partial charge in [0.1, 0.15) is 0 Å². The Hall–Kier alpha value is -3.97. The first kappa shape index (κ1) is 28.0. The van der Waals surface area contributed by atoms with Crippen LogP contribution in [0.15, 0.2) is 48.5 Å². The van der Waals surface area contributed by atoms with Gasteiger partial charge in [-0.05, 0) is 82.4 Å². The van der Waals surface area contributed by atoms with Crippen LogP contribution in [0.1, 0.15) is 94.9 Å². The van der Waals surface area contributed by atoms with Gasteiger partial charge in [0.2, 0.25) is 0 Å². The molecule has 2 amide bonds. The first-order valence-corrected chi connectivity index (χ1v) is 13.5. The second-order valence-electron chi connectivity index (χ2n) is 10.1. The summed E-state index contributed by atoms with van der Waals surface area (Å²) in [6.45, 7) is 10.3. The second-order valence-corrected chi connectivity index (χ2v) is 10.1. The van der Waals surface area contributed by atoms with Crippen molar-refractivity contribution in [1.29, 1.82) is 0 Å². The number of rotatable bonds is 6. The minimum atomic E-state index is -0.244. The number of Topliss-reactive ketones (excluding diaryl/α,β-unsaturated/α-hetero) is 1. The molecule has 2 atom stereocenters. The van der Waals surface area contributed by atoms with E-state index >= 15 is 0 Å². The van der Waals surface area contributed by atoms with E-state index in [-0.39, 0.29) is 23.6 Å². The number of nitrogens with one attached hydrogen (secondary N) is 3. The molecule has 0 bridgehead atoms. The summed E-state index contributed by atoms with van der Waals surface area (Å²) in [6.07, 6.45) is 6.10. The Morgan fingerprint density at radius 2 is 1.90 bits per heavy atom. The lowest BCUT2D eigenvalue weighted by molar-refractivity contribution is -0.110. The van der Waals surface area contributed by atoms with E-state index in [4.69, 9.17) is 4.74 Å². The van der Waals surface area contributed by atoms with Gasteiger partial charge in [-0.25, -0.2) is 0 Å². The first-order valence-electron chi connectivity index (χ1n) is 13.5. The van der Waals surface area contributed by atoms with Crippen molar-refractivity contribution in [3.8, 4) is 0 Å². The zero-order valence-electron chi connectivity index (χ0n) is 23.3. The van der Waals surface area contributed by atoms with E-state index in [1.807, 2.05) is 51.1 Å². The Balaban J connectivity index is 0.000000438. The molecule has 0 saturated carbocycles. The fourth-order valence-corrected chi connectivity index (χ4v) is 5.13. The number of H-pyrrole nitrogens is 1. The highest BCUT2D eigenvalue weighted by Gasteiger charge is 2.26. The van der Waals surface area contributed by atoms with Crippen LogP contribution < -0.4 is 10.6 Å². The maximum absolute atomic E-state index is 12.9. The molecule has 1 fully saturated rings. The molecule has 204 valence electrons. The lowest BCUT2D eigenvalue weighted by Crippen LogP contribution is -2.26. The summed E-state index contributed by atoms with van der Waals surface area (Å²) in [5.41, 5.74) is 6.16. The van der Waals surface area contributed by atoms with Gasteiger partial charge in [0.05, 0.1) is 17.7 Å². The molecule has 5 rings (SSSR count). The Kier molecular flexibility index (Phi) is 8.82. The summed E-state index contributed by atoms with van der Waals surface area (Å²) in [5.74, 6) is -0.483.